The van der Waals surface area contributed by atoms with Crippen LogP contribution in [-0.2, 0) is 12.6 Å². The summed E-state index contributed by atoms with van der Waals surface area (Å²) in [6.07, 6.45) is -1.08. The smallest absolute Gasteiger partial charge is 0.302 e. The van der Waals surface area contributed by atoms with Gasteiger partial charge in [-0.2, -0.15) is 13.2 Å². The molecule has 1 saturated carbocycles. The Kier molecular flexibility index (Phi) is 4.78. The van der Waals surface area contributed by atoms with Gasteiger partial charge in [-0.25, -0.2) is 0 Å². The minimum absolute atomic E-state index is 0.543. The lowest BCUT2D eigenvalue weighted by atomic mass is 9.96. The molecule has 1 saturated heterocycles. The van der Waals surface area contributed by atoms with Crippen molar-refractivity contribution in [3.8, 4) is 0 Å². The third-order valence-corrected chi connectivity index (χ3v) is 6.07. The van der Waals surface area contributed by atoms with Crippen molar-refractivity contribution >= 4 is 0 Å². The molecule has 2 fully saturated rings. The molecule has 2 unspecified atom stereocenters. The fraction of sp³-hybridized carbons (Fsp3) is 0.455. The van der Waals surface area contributed by atoms with Crippen molar-refractivity contribution in [1.29, 1.82) is 0 Å². The highest BCUT2D eigenvalue weighted by atomic mass is 19.4. The number of nitrogens with zero attached hydrogens (tertiary/aromatic N) is 1. The van der Waals surface area contributed by atoms with Crippen LogP contribution in [0.15, 0.2) is 54.6 Å². The average Bonchev–Trinajstić information content (AvgIpc) is 3.19. The van der Waals surface area contributed by atoms with Crippen molar-refractivity contribution in [2.75, 3.05) is 19.6 Å². The molecule has 2 atom stereocenters. The molecule has 0 amide bonds. The molecule has 4 heteroatoms. The van der Waals surface area contributed by atoms with E-state index in [0.717, 1.165) is 43.1 Å². The second-order valence-electron chi connectivity index (χ2n) is 7.81. The summed E-state index contributed by atoms with van der Waals surface area (Å²) in [4.78, 5) is 2.44. The molecular weight excluding hydrogens is 335 g/mol. The van der Waals surface area contributed by atoms with Gasteiger partial charge in [0.1, 0.15) is 0 Å². The largest absolute Gasteiger partial charge is 0.416 e. The van der Waals surface area contributed by atoms with Gasteiger partial charge in [-0.15, -0.1) is 0 Å². The Morgan fingerprint density at radius 1 is 0.885 bits per heavy atom. The second-order valence-corrected chi connectivity index (χ2v) is 7.81. The van der Waals surface area contributed by atoms with E-state index in [-0.39, 0.29) is 0 Å². The molecule has 0 bridgehead atoms. The maximum absolute atomic E-state index is 12.8. The van der Waals surface area contributed by atoms with Crippen LogP contribution in [0.4, 0.5) is 13.2 Å². The molecule has 26 heavy (non-hydrogen) atoms. The van der Waals surface area contributed by atoms with Gasteiger partial charge in [0, 0.05) is 19.6 Å². The molecule has 1 aliphatic carbocycles. The highest BCUT2D eigenvalue weighted by Gasteiger charge is 2.40. The quantitative estimate of drug-likeness (QED) is 0.709. The van der Waals surface area contributed by atoms with Crippen molar-refractivity contribution in [1.82, 2.24) is 4.90 Å². The molecule has 2 aromatic carbocycles. The Balaban J connectivity index is 1.30. The van der Waals surface area contributed by atoms with Gasteiger partial charge in [-0.1, -0.05) is 48.5 Å². The number of benzene rings is 2. The highest BCUT2D eigenvalue weighted by Crippen LogP contribution is 2.46. The molecule has 2 aromatic rings. The molecule has 0 aromatic heterocycles. The van der Waals surface area contributed by atoms with Gasteiger partial charge in [0.15, 0.2) is 0 Å². The van der Waals surface area contributed by atoms with Crippen LogP contribution in [0.3, 0.4) is 0 Å². The van der Waals surface area contributed by atoms with Crippen molar-refractivity contribution in [3.05, 3.63) is 71.3 Å². The molecule has 0 radical (unpaired) electrons. The molecule has 0 N–H and O–H groups in total. The number of rotatable bonds is 4. The van der Waals surface area contributed by atoms with Crippen molar-refractivity contribution < 1.29 is 13.2 Å². The van der Waals surface area contributed by atoms with Gasteiger partial charge in [0.2, 0.25) is 0 Å². The fourth-order valence-electron chi connectivity index (χ4n) is 4.77. The van der Waals surface area contributed by atoms with E-state index in [9.17, 15) is 13.2 Å². The predicted molar refractivity (Wildman–Crippen MR) is 97.0 cm³/mol. The lowest BCUT2D eigenvalue weighted by molar-refractivity contribution is -0.137. The number of hydrogen-bond acceptors (Lipinski definition) is 1. The van der Waals surface area contributed by atoms with Crippen LogP contribution < -0.4 is 0 Å². The Morgan fingerprint density at radius 3 is 2.23 bits per heavy atom. The molecular formula is C22H24F3N. The Labute approximate surface area is 152 Å². The minimum Gasteiger partial charge on any atom is -0.302 e. The standard InChI is InChI=1S/C22H24F3N/c23-22(24,25)21-8-4-5-16(11-21)9-10-26-14-19-12-18(13-20(19)15-26)17-6-2-1-3-7-17/h1-8,11,18-20H,9-10,12-15H2. The maximum Gasteiger partial charge on any atom is 0.416 e. The fourth-order valence-corrected chi connectivity index (χ4v) is 4.77. The highest BCUT2D eigenvalue weighted by molar-refractivity contribution is 5.26. The van der Waals surface area contributed by atoms with E-state index in [4.69, 9.17) is 0 Å². The first-order valence-corrected chi connectivity index (χ1v) is 9.42. The monoisotopic (exact) mass is 359 g/mol. The normalized spacial score (nSPS) is 26.2. The summed E-state index contributed by atoms with van der Waals surface area (Å²) in [6, 6.07) is 16.5. The number of fused-ring (bicyclic) bond motifs is 1. The summed E-state index contributed by atoms with van der Waals surface area (Å²) < 4.78 is 38.5. The van der Waals surface area contributed by atoms with Gasteiger partial charge < -0.3 is 4.90 Å². The van der Waals surface area contributed by atoms with Crippen LogP contribution in [0.25, 0.3) is 0 Å². The van der Waals surface area contributed by atoms with Crippen LogP contribution in [0.1, 0.15) is 35.4 Å². The maximum atomic E-state index is 12.8. The Bertz CT molecular complexity index is 727. The molecule has 138 valence electrons. The van der Waals surface area contributed by atoms with Gasteiger partial charge in [-0.3, -0.25) is 0 Å². The zero-order chi connectivity index (χ0) is 18.1. The number of hydrogen-bond donors (Lipinski definition) is 0. The predicted octanol–water partition coefficient (Wildman–Crippen LogP) is 5.37. The lowest BCUT2D eigenvalue weighted by Gasteiger charge is -2.19. The zero-order valence-electron chi connectivity index (χ0n) is 14.8. The van der Waals surface area contributed by atoms with Crippen LogP contribution in [-0.4, -0.2) is 24.5 Å². The summed E-state index contributed by atoms with van der Waals surface area (Å²) in [5.74, 6) is 2.15. The first kappa shape index (κ1) is 17.6. The van der Waals surface area contributed by atoms with Gasteiger partial charge in [0.05, 0.1) is 5.56 Å². The average molecular weight is 359 g/mol. The van der Waals surface area contributed by atoms with Crippen LogP contribution in [0.5, 0.6) is 0 Å². The van der Waals surface area contributed by atoms with E-state index in [0.29, 0.717) is 12.3 Å². The van der Waals surface area contributed by atoms with E-state index in [1.54, 1.807) is 6.07 Å². The molecule has 1 aliphatic heterocycles. The molecule has 1 nitrogen and oxygen atoms in total. The number of halogens is 3. The van der Waals surface area contributed by atoms with Crippen molar-refractivity contribution in [3.63, 3.8) is 0 Å². The summed E-state index contributed by atoms with van der Waals surface area (Å²) in [5, 5.41) is 0. The van der Waals surface area contributed by atoms with Gasteiger partial charge >= 0.3 is 6.18 Å². The third-order valence-electron chi connectivity index (χ3n) is 6.07. The van der Waals surface area contributed by atoms with E-state index in [2.05, 4.69) is 35.2 Å². The molecule has 2 aliphatic rings. The van der Waals surface area contributed by atoms with E-state index < -0.39 is 11.7 Å². The third kappa shape index (κ3) is 3.80. The van der Waals surface area contributed by atoms with Crippen LogP contribution in [0.2, 0.25) is 0 Å². The second kappa shape index (κ2) is 7.07. The zero-order valence-corrected chi connectivity index (χ0v) is 14.8. The van der Waals surface area contributed by atoms with Gasteiger partial charge in [0.25, 0.3) is 0 Å². The summed E-state index contributed by atoms with van der Waals surface area (Å²) in [5.41, 5.74) is 1.69. The Hall–Kier alpha value is -1.81. The number of likely N-dealkylation sites (tertiary alicyclic amines) is 1. The van der Waals surface area contributed by atoms with Crippen LogP contribution in [0, 0.1) is 11.8 Å². The molecule has 1 heterocycles. The van der Waals surface area contributed by atoms with E-state index >= 15 is 0 Å². The first-order valence-electron chi connectivity index (χ1n) is 9.42. The van der Waals surface area contributed by atoms with E-state index in [1.807, 2.05) is 0 Å². The SMILES string of the molecule is FC(F)(F)c1cccc(CCN2CC3CC(c4ccccc4)CC3C2)c1. The summed E-state index contributed by atoms with van der Waals surface area (Å²) in [7, 11) is 0. The summed E-state index contributed by atoms with van der Waals surface area (Å²) in [6.45, 7) is 3.03. The molecule has 0 spiro atoms. The first-order chi connectivity index (χ1) is 12.5. The van der Waals surface area contributed by atoms with Gasteiger partial charge in [-0.05, 0) is 54.2 Å². The van der Waals surface area contributed by atoms with Crippen molar-refractivity contribution in [2.45, 2.75) is 31.4 Å². The number of alkyl halides is 3. The summed E-state index contributed by atoms with van der Waals surface area (Å²) >= 11 is 0. The Morgan fingerprint density at radius 2 is 1.58 bits per heavy atom. The lowest BCUT2D eigenvalue weighted by Crippen LogP contribution is -2.25. The van der Waals surface area contributed by atoms with Crippen molar-refractivity contribution in [2.24, 2.45) is 11.8 Å². The van der Waals surface area contributed by atoms with Crippen LogP contribution >= 0.6 is 0 Å². The topological polar surface area (TPSA) is 3.24 Å². The molecule has 4 rings (SSSR count). The minimum atomic E-state index is -4.26. The van der Waals surface area contributed by atoms with E-state index in [1.165, 1.54) is 30.5 Å².